The van der Waals surface area contributed by atoms with Crippen molar-refractivity contribution in [1.82, 2.24) is 5.32 Å². The zero-order valence-corrected chi connectivity index (χ0v) is 12.3. The van der Waals surface area contributed by atoms with Gasteiger partial charge in [-0.1, -0.05) is 32.9 Å². The average Bonchev–Trinajstić information content (AvgIpc) is 3.27. The van der Waals surface area contributed by atoms with Crippen molar-refractivity contribution in [3.8, 4) is 5.75 Å². The van der Waals surface area contributed by atoms with E-state index < -0.39 is 0 Å². The van der Waals surface area contributed by atoms with E-state index in [1.54, 1.807) is 0 Å². The molecule has 2 saturated carbocycles. The molecule has 1 aromatic carbocycles. The maximum Gasteiger partial charge on any atom is 0.119 e. The summed E-state index contributed by atoms with van der Waals surface area (Å²) in [6.07, 6.45) is 4.25. The number of ether oxygens (including phenoxy) is 1. The summed E-state index contributed by atoms with van der Waals surface area (Å²) in [5, 5.41) is 3.65. The minimum atomic E-state index is 0.484. The smallest absolute Gasteiger partial charge is 0.119 e. The van der Waals surface area contributed by atoms with Gasteiger partial charge in [-0.25, -0.2) is 0 Å². The molecule has 0 amide bonds. The van der Waals surface area contributed by atoms with E-state index in [-0.39, 0.29) is 0 Å². The Morgan fingerprint density at radius 2 is 1.89 bits per heavy atom. The first-order chi connectivity index (χ1) is 9.10. The largest absolute Gasteiger partial charge is 0.490 e. The number of benzene rings is 1. The Balaban J connectivity index is 1.70. The van der Waals surface area contributed by atoms with Crippen LogP contribution in [0.25, 0.3) is 0 Å². The van der Waals surface area contributed by atoms with Crippen LogP contribution >= 0.6 is 0 Å². The van der Waals surface area contributed by atoms with E-state index in [1.807, 2.05) is 0 Å². The van der Waals surface area contributed by atoms with Gasteiger partial charge in [-0.3, -0.25) is 0 Å². The zero-order chi connectivity index (χ0) is 13.5. The topological polar surface area (TPSA) is 21.3 Å². The van der Waals surface area contributed by atoms with Crippen molar-refractivity contribution in [1.29, 1.82) is 0 Å². The minimum absolute atomic E-state index is 0.484. The van der Waals surface area contributed by atoms with Crippen LogP contribution in [0.4, 0.5) is 0 Å². The number of nitrogens with one attached hydrogen (secondary N) is 1. The van der Waals surface area contributed by atoms with E-state index in [2.05, 4.69) is 50.4 Å². The highest BCUT2D eigenvalue weighted by Crippen LogP contribution is 2.57. The lowest BCUT2D eigenvalue weighted by Gasteiger charge is -2.20. The SMILES string of the molecule is CCNC(c1ccc(OC2CC2)cc1)C1CC1(C)C. The summed E-state index contributed by atoms with van der Waals surface area (Å²) in [4.78, 5) is 0. The van der Waals surface area contributed by atoms with Gasteiger partial charge in [-0.05, 0) is 54.8 Å². The van der Waals surface area contributed by atoms with E-state index in [9.17, 15) is 0 Å². The van der Waals surface area contributed by atoms with Gasteiger partial charge in [-0.15, -0.1) is 0 Å². The second-order valence-electron chi connectivity index (χ2n) is 6.72. The Bertz CT molecular complexity index is 433. The van der Waals surface area contributed by atoms with Crippen molar-refractivity contribution in [2.24, 2.45) is 11.3 Å². The van der Waals surface area contributed by atoms with Crippen LogP contribution in [0.15, 0.2) is 24.3 Å². The van der Waals surface area contributed by atoms with Gasteiger partial charge < -0.3 is 10.1 Å². The molecule has 0 spiro atoms. The van der Waals surface area contributed by atoms with Crippen molar-refractivity contribution >= 4 is 0 Å². The van der Waals surface area contributed by atoms with E-state index in [4.69, 9.17) is 4.74 Å². The van der Waals surface area contributed by atoms with Crippen molar-refractivity contribution in [2.45, 2.75) is 52.2 Å². The fourth-order valence-corrected chi connectivity index (χ4v) is 2.92. The molecule has 0 saturated heterocycles. The van der Waals surface area contributed by atoms with Crippen LogP contribution in [0.5, 0.6) is 5.75 Å². The van der Waals surface area contributed by atoms with E-state index in [0.717, 1.165) is 18.2 Å². The van der Waals surface area contributed by atoms with Crippen molar-refractivity contribution in [3.05, 3.63) is 29.8 Å². The van der Waals surface area contributed by atoms with E-state index in [1.165, 1.54) is 24.8 Å². The molecule has 0 aliphatic heterocycles. The van der Waals surface area contributed by atoms with Gasteiger partial charge in [0.1, 0.15) is 5.75 Å². The number of hydrogen-bond acceptors (Lipinski definition) is 2. The maximum absolute atomic E-state index is 5.82. The summed E-state index contributed by atoms with van der Waals surface area (Å²) in [5.41, 5.74) is 1.90. The fraction of sp³-hybridized carbons (Fsp3) is 0.647. The molecule has 2 aliphatic carbocycles. The molecule has 2 nitrogen and oxygen atoms in total. The van der Waals surface area contributed by atoms with E-state index >= 15 is 0 Å². The third-order valence-electron chi connectivity index (χ3n) is 4.48. The highest BCUT2D eigenvalue weighted by molar-refractivity contribution is 5.31. The standard InChI is InChI=1S/C17H25NO/c1-4-18-16(15-11-17(15,2)3)12-5-7-13(8-6-12)19-14-9-10-14/h5-8,14-16,18H,4,9-11H2,1-3H3. The highest BCUT2D eigenvalue weighted by atomic mass is 16.5. The number of hydrogen-bond donors (Lipinski definition) is 1. The molecule has 2 heteroatoms. The molecule has 3 rings (SSSR count). The van der Waals surface area contributed by atoms with Crippen LogP contribution in [-0.4, -0.2) is 12.6 Å². The summed E-state index contributed by atoms with van der Waals surface area (Å²) >= 11 is 0. The van der Waals surface area contributed by atoms with Gasteiger partial charge in [-0.2, -0.15) is 0 Å². The lowest BCUT2D eigenvalue weighted by molar-refractivity contribution is 0.303. The summed E-state index contributed by atoms with van der Waals surface area (Å²) < 4.78 is 5.82. The molecule has 0 radical (unpaired) electrons. The van der Waals surface area contributed by atoms with Crippen LogP contribution in [0.2, 0.25) is 0 Å². The molecule has 0 aromatic heterocycles. The molecule has 0 bridgehead atoms. The van der Waals surface area contributed by atoms with Gasteiger partial charge in [0, 0.05) is 6.04 Å². The van der Waals surface area contributed by atoms with Gasteiger partial charge in [0.2, 0.25) is 0 Å². The van der Waals surface area contributed by atoms with Crippen LogP contribution in [-0.2, 0) is 0 Å². The Morgan fingerprint density at radius 1 is 1.26 bits per heavy atom. The maximum atomic E-state index is 5.82. The molecule has 2 aliphatic rings. The normalized spacial score (nSPS) is 25.9. The molecule has 19 heavy (non-hydrogen) atoms. The third-order valence-corrected chi connectivity index (χ3v) is 4.48. The summed E-state index contributed by atoms with van der Waals surface area (Å²) in [6, 6.07) is 9.23. The predicted octanol–water partition coefficient (Wildman–Crippen LogP) is 3.92. The molecular weight excluding hydrogens is 234 g/mol. The summed E-state index contributed by atoms with van der Waals surface area (Å²) in [5.74, 6) is 1.79. The highest BCUT2D eigenvalue weighted by Gasteiger charge is 2.50. The first kappa shape index (κ1) is 13.0. The minimum Gasteiger partial charge on any atom is -0.490 e. The molecule has 104 valence electrons. The summed E-state index contributed by atoms with van der Waals surface area (Å²) in [6.45, 7) is 7.95. The quantitative estimate of drug-likeness (QED) is 0.836. The predicted molar refractivity (Wildman–Crippen MR) is 78.4 cm³/mol. The lowest BCUT2D eigenvalue weighted by atomic mass is 9.97. The number of rotatable bonds is 6. The third kappa shape index (κ3) is 2.94. The van der Waals surface area contributed by atoms with Gasteiger partial charge in [0.25, 0.3) is 0 Å². The van der Waals surface area contributed by atoms with Gasteiger partial charge >= 0.3 is 0 Å². The zero-order valence-electron chi connectivity index (χ0n) is 12.3. The Kier molecular flexibility index (Phi) is 3.30. The molecule has 1 aromatic rings. The van der Waals surface area contributed by atoms with Crippen LogP contribution in [0.1, 0.15) is 51.6 Å². The second-order valence-corrected chi connectivity index (χ2v) is 6.72. The molecular formula is C17H25NO. The Hall–Kier alpha value is -1.02. The first-order valence-corrected chi connectivity index (χ1v) is 7.60. The lowest BCUT2D eigenvalue weighted by Crippen LogP contribution is -2.24. The molecule has 1 N–H and O–H groups in total. The van der Waals surface area contributed by atoms with Crippen molar-refractivity contribution in [3.63, 3.8) is 0 Å². The molecule has 2 unspecified atom stereocenters. The molecule has 2 fully saturated rings. The second kappa shape index (κ2) is 4.82. The fourth-order valence-electron chi connectivity index (χ4n) is 2.92. The van der Waals surface area contributed by atoms with Crippen molar-refractivity contribution in [2.75, 3.05) is 6.54 Å². The molecule has 0 heterocycles. The van der Waals surface area contributed by atoms with E-state index in [0.29, 0.717) is 17.6 Å². The average molecular weight is 259 g/mol. The Labute approximate surface area is 116 Å². The van der Waals surface area contributed by atoms with Gasteiger partial charge in [0.15, 0.2) is 0 Å². The Morgan fingerprint density at radius 3 is 2.37 bits per heavy atom. The summed E-state index contributed by atoms with van der Waals surface area (Å²) in [7, 11) is 0. The molecule has 2 atom stereocenters. The first-order valence-electron chi connectivity index (χ1n) is 7.60. The van der Waals surface area contributed by atoms with Crippen molar-refractivity contribution < 1.29 is 4.74 Å². The monoisotopic (exact) mass is 259 g/mol. The van der Waals surface area contributed by atoms with Crippen LogP contribution in [0.3, 0.4) is 0 Å². The van der Waals surface area contributed by atoms with Gasteiger partial charge in [0.05, 0.1) is 6.10 Å². The van der Waals surface area contributed by atoms with Crippen LogP contribution < -0.4 is 10.1 Å². The van der Waals surface area contributed by atoms with Crippen LogP contribution in [0, 0.1) is 11.3 Å².